The smallest absolute Gasteiger partial charge is 0.329 e. The van der Waals surface area contributed by atoms with Crippen molar-refractivity contribution >= 4 is 21.9 Å². The maximum Gasteiger partial charge on any atom is 0.329 e. The summed E-state index contributed by atoms with van der Waals surface area (Å²) in [6.45, 7) is 2.28. The topological polar surface area (TPSA) is 113 Å². The molecule has 0 radical (unpaired) electrons. The first-order valence-corrected chi connectivity index (χ1v) is 9.89. The standard InChI is InChI=1S/C17H24N2O6S/c1-13-4-6-15(7-5-13)26(23,24)19-9-2-3-14(11-19)17(22)18-8-10-25-12-16(20)21/h4-7,14H,2-3,8-12H2,1H3,(H,18,22)(H,20,21). The Morgan fingerprint density at radius 3 is 2.65 bits per heavy atom. The van der Waals surface area contributed by atoms with Crippen molar-refractivity contribution in [1.82, 2.24) is 9.62 Å². The molecule has 0 aromatic heterocycles. The number of rotatable bonds is 8. The number of sulfonamides is 1. The summed E-state index contributed by atoms with van der Waals surface area (Å²) in [4.78, 5) is 22.8. The molecule has 2 rings (SSSR count). The van der Waals surface area contributed by atoms with Crippen LogP contribution in [0.3, 0.4) is 0 Å². The highest BCUT2D eigenvalue weighted by atomic mass is 32.2. The zero-order chi connectivity index (χ0) is 19.2. The van der Waals surface area contributed by atoms with Crippen LogP contribution in [0.4, 0.5) is 0 Å². The predicted molar refractivity (Wildman–Crippen MR) is 94.1 cm³/mol. The number of ether oxygens (including phenoxy) is 1. The minimum absolute atomic E-state index is 0.0934. The first-order chi connectivity index (χ1) is 12.3. The van der Waals surface area contributed by atoms with E-state index in [-0.39, 0.29) is 30.5 Å². The van der Waals surface area contributed by atoms with Crippen molar-refractivity contribution in [3.63, 3.8) is 0 Å². The number of carbonyl (C=O) groups excluding carboxylic acids is 1. The summed E-state index contributed by atoms with van der Waals surface area (Å²) in [5.41, 5.74) is 0.977. The maximum absolute atomic E-state index is 12.7. The van der Waals surface area contributed by atoms with Gasteiger partial charge in [-0.25, -0.2) is 13.2 Å². The van der Waals surface area contributed by atoms with Crippen LogP contribution < -0.4 is 5.32 Å². The van der Waals surface area contributed by atoms with Crippen molar-refractivity contribution in [3.05, 3.63) is 29.8 Å². The minimum Gasteiger partial charge on any atom is -0.480 e. The normalized spacial score (nSPS) is 18.4. The Bertz CT molecular complexity index is 732. The van der Waals surface area contributed by atoms with E-state index in [0.717, 1.165) is 5.56 Å². The Hall–Kier alpha value is -1.97. The van der Waals surface area contributed by atoms with Crippen molar-refractivity contribution in [1.29, 1.82) is 0 Å². The molecule has 8 nitrogen and oxygen atoms in total. The Morgan fingerprint density at radius 2 is 2.00 bits per heavy atom. The van der Waals surface area contributed by atoms with Gasteiger partial charge in [0.05, 0.1) is 17.4 Å². The summed E-state index contributed by atoms with van der Waals surface area (Å²) < 4.78 is 31.7. The average molecular weight is 384 g/mol. The van der Waals surface area contributed by atoms with Gasteiger partial charge in [-0.15, -0.1) is 0 Å². The average Bonchev–Trinajstić information content (AvgIpc) is 2.61. The summed E-state index contributed by atoms with van der Waals surface area (Å²) >= 11 is 0. The van der Waals surface area contributed by atoms with Crippen LogP contribution in [0.25, 0.3) is 0 Å². The predicted octanol–water partition coefficient (Wildman–Crippen LogP) is 0.613. The molecule has 1 heterocycles. The number of nitrogens with zero attached hydrogens (tertiary/aromatic N) is 1. The quantitative estimate of drug-likeness (QED) is 0.635. The molecule has 1 aromatic carbocycles. The van der Waals surface area contributed by atoms with Gasteiger partial charge in [-0.05, 0) is 31.9 Å². The molecule has 1 aliphatic rings. The van der Waals surface area contributed by atoms with Crippen LogP contribution >= 0.6 is 0 Å². The molecule has 1 saturated heterocycles. The summed E-state index contributed by atoms with van der Waals surface area (Å²) in [7, 11) is -3.62. The van der Waals surface area contributed by atoms with Gasteiger partial charge in [-0.2, -0.15) is 4.31 Å². The first kappa shape index (κ1) is 20.3. The lowest BCUT2D eigenvalue weighted by atomic mass is 9.99. The fourth-order valence-corrected chi connectivity index (χ4v) is 4.31. The van der Waals surface area contributed by atoms with Gasteiger partial charge in [-0.1, -0.05) is 17.7 Å². The van der Waals surface area contributed by atoms with E-state index in [1.54, 1.807) is 24.3 Å². The fraction of sp³-hybridized carbons (Fsp3) is 0.529. The molecule has 26 heavy (non-hydrogen) atoms. The summed E-state index contributed by atoms with van der Waals surface area (Å²) in [6.07, 6.45) is 1.22. The van der Waals surface area contributed by atoms with Gasteiger partial charge in [0.2, 0.25) is 15.9 Å². The van der Waals surface area contributed by atoms with Crippen LogP contribution in [0.2, 0.25) is 0 Å². The van der Waals surface area contributed by atoms with E-state index in [0.29, 0.717) is 19.4 Å². The van der Waals surface area contributed by atoms with Gasteiger partial charge in [0.25, 0.3) is 0 Å². The van der Waals surface area contributed by atoms with Crippen LogP contribution in [0.15, 0.2) is 29.2 Å². The number of aryl methyl sites for hydroxylation is 1. The number of carboxylic acids is 1. The van der Waals surface area contributed by atoms with Gasteiger partial charge < -0.3 is 15.2 Å². The molecule has 0 spiro atoms. The molecule has 1 unspecified atom stereocenters. The monoisotopic (exact) mass is 384 g/mol. The van der Waals surface area contributed by atoms with E-state index in [1.807, 2.05) is 6.92 Å². The molecule has 0 aliphatic carbocycles. The molecule has 0 saturated carbocycles. The lowest BCUT2D eigenvalue weighted by Gasteiger charge is -2.31. The van der Waals surface area contributed by atoms with E-state index in [9.17, 15) is 18.0 Å². The first-order valence-electron chi connectivity index (χ1n) is 8.45. The highest BCUT2D eigenvalue weighted by Gasteiger charge is 2.33. The van der Waals surface area contributed by atoms with E-state index in [1.165, 1.54) is 4.31 Å². The van der Waals surface area contributed by atoms with Crippen LogP contribution in [-0.4, -0.2) is 62.6 Å². The number of aliphatic carboxylic acids is 1. The SMILES string of the molecule is Cc1ccc(S(=O)(=O)N2CCCC(C(=O)NCCOCC(=O)O)C2)cc1. The van der Waals surface area contributed by atoms with Crippen molar-refractivity contribution < 1.29 is 27.9 Å². The number of nitrogens with one attached hydrogen (secondary N) is 1. The highest BCUT2D eigenvalue weighted by molar-refractivity contribution is 7.89. The van der Waals surface area contributed by atoms with Gasteiger partial charge in [0.1, 0.15) is 6.61 Å². The van der Waals surface area contributed by atoms with Gasteiger partial charge in [0.15, 0.2) is 0 Å². The molecule has 1 aliphatic heterocycles. The third-order valence-electron chi connectivity index (χ3n) is 4.18. The Balaban J connectivity index is 1.90. The molecular weight excluding hydrogens is 360 g/mol. The van der Waals surface area contributed by atoms with Crippen molar-refractivity contribution in [2.45, 2.75) is 24.7 Å². The van der Waals surface area contributed by atoms with Crippen molar-refractivity contribution in [3.8, 4) is 0 Å². The van der Waals surface area contributed by atoms with Crippen molar-refractivity contribution in [2.24, 2.45) is 5.92 Å². The van der Waals surface area contributed by atoms with Gasteiger partial charge in [-0.3, -0.25) is 4.79 Å². The Kier molecular flexibility index (Phi) is 7.13. The third kappa shape index (κ3) is 5.52. The van der Waals surface area contributed by atoms with Crippen LogP contribution in [0.1, 0.15) is 18.4 Å². The number of hydrogen-bond donors (Lipinski definition) is 2. The zero-order valence-corrected chi connectivity index (χ0v) is 15.5. The second-order valence-corrected chi connectivity index (χ2v) is 8.19. The summed E-state index contributed by atoms with van der Waals surface area (Å²) in [5, 5.41) is 11.1. The van der Waals surface area contributed by atoms with Crippen LogP contribution in [0, 0.1) is 12.8 Å². The molecule has 9 heteroatoms. The fourth-order valence-electron chi connectivity index (χ4n) is 2.78. The second-order valence-electron chi connectivity index (χ2n) is 6.25. The van der Waals surface area contributed by atoms with E-state index < -0.39 is 28.5 Å². The van der Waals surface area contributed by atoms with Gasteiger partial charge in [0, 0.05) is 19.6 Å². The number of carboxylic acid groups (broad SMARTS) is 1. The molecule has 1 aromatic rings. The Labute approximate surface area is 153 Å². The largest absolute Gasteiger partial charge is 0.480 e. The number of amides is 1. The van der Waals surface area contributed by atoms with E-state index >= 15 is 0 Å². The Morgan fingerprint density at radius 1 is 1.31 bits per heavy atom. The summed E-state index contributed by atoms with van der Waals surface area (Å²) in [5.74, 6) is -1.74. The van der Waals surface area contributed by atoms with Crippen molar-refractivity contribution in [2.75, 3.05) is 32.8 Å². The lowest BCUT2D eigenvalue weighted by Crippen LogP contribution is -2.45. The third-order valence-corrected chi connectivity index (χ3v) is 6.06. The lowest BCUT2D eigenvalue weighted by molar-refractivity contribution is -0.142. The zero-order valence-electron chi connectivity index (χ0n) is 14.7. The number of hydrogen-bond acceptors (Lipinski definition) is 5. The number of piperidine rings is 1. The maximum atomic E-state index is 12.7. The molecule has 0 bridgehead atoms. The van der Waals surface area contributed by atoms with Crippen LogP contribution in [0.5, 0.6) is 0 Å². The summed E-state index contributed by atoms with van der Waals surface area (Å²) in [6, 6.07) is 6.65. The van der Waals surface area contributed by atoms with E-state index in [4.69, 9.17) is 9.84 Å². The molecule has 1 atom stereocenters. The van der Waals surface area contributed by atoms with Gasteiger partial charge >= 0.3 is 5.97 Å². The minimum atomic E-state index is -3.62. The number of carbonyl (C=O) groups is 2. The molecule has 1 fully saturated rings. The molecule has 2 N–H and O–H groups in total. The van der Waals surface area contributed by atoms with E-state index in [2.05, 4.69) is 5.32 Å². The molecule has 1 amide bonds. The second kappa shape index (κ2) is 9.11. The number of benzene rings is 1. The van der Waals surface area contributed by atoms with Crippen LogP contribution in [-0.2, 0) is 24.3 Å². The molecule has 144 valence electrons. The highest BCUT2D eigenvalue weighted by Crippen LogP contribution is 2.24. The molecular formula is C17H24N2O6S.